The van der Waals surface area contributed by atoms with Gasteiger partial charge in [-0.3, -0.25) is 5.32 Å². The summed E-state index contributed by atoms with van der Waals surface area (Å²) >= 11 is 0. The van der Waals surface area contributed by atoms with Gasteiger partial charge in [-0.05, 0) is 0 Å². The van der Waals surface area contributed by atoms with Crippen LogP contribution in [0.4, 0.5) is 0 Å². The van der Waals surface area contributed by atoms with Crippen LogP contribution in [0, 0.1) is 0 Å². The van der Waals surface area contributed by atoms with Gasteiger partial charge in [0.25, 0.3) is 6.41 Å². The molecular formula is C6H9NO3. The van der Waals surface area contributed by atoms with Crippen molar-refractivity contribution in [2.24, 2.45) is 0 Å². The molecule has 1 saturated heterocycles. The van der Waals surface area contributed by atoms with Crippen molar-refractivity contribution in [1.29, 1.82) is 0 Å². The van der Waals surface area contributed by atoms with Crippen molar-refractivity contribution in [2.45, 2.75) is 6.41 Å². The van der Waals surface area contributed by atoms with Gasteiger partial charge in [-0.1, -0.05) is 6.58 Å². The van der Waals surface area contributed by atoms with Crippen LogP contribution in [-0.2, 0) is 14.3 Å². The zero-order valence-electron chi connectivity index (χ0n) is 5.50. The van der Waals surface area contributed by atoms with Crippen LogP contribution < -0.4 is 5.32 Å². The molecule has 1 unspecified atom stereocenters. The van der Waals surface area contributed by atoms with E-state index in [4.69, 9.17) is 4.74 Å². The number of esters is 1. The first kappa shape index (κ1) is 7.24. The van der Waals surface area contributed by atoms with Gasteiger partial charge >= 0.3 is 5.97 Å². The lowest BCUT2D eigenvalue weighted by atomic mass is 10.7. The van der Waals surface area contributed by atoms with E-state index in [1.165, 1.54) is 0 Å². The van der Waals surface area contributed by atoms with Crippen molar-refractivity contribution < 1.29 is 14.3 Å². The monoisotopic (exact) mass is 143 g/mol. The van der Waals surface area contributed by atoms with Crippen molar-refractivity contribution in [1.82, 2.24) is 5.32 Å². The average molecular weight is 143 g/mol. The SMILES string of the molecule is C=CC(=O)OC1NCCO1. The highest BCUT2D eigenvalue weighted by atomic mass is 16.7. The Kier molecular flexibility index (Phi) is 2.42. The molecule has 1 rings (SSSR count). The Morgan fingerprint density at radius 2 is 2.70 bits per heavy atom. The van der Waals surface area contributed by atoms with E-state index in [9.17, 15) is 4.79 Å². The first-order chi connectivity index (χ1) is 4.83. The quantitative estimate of drug-likeness (QED) is 0.423. The van der Waals surface area contributed by atoms with Crippen LogP contribution >= 0.6 is 0 Å². The van der Waals surface area contributed by atoms with E-state index in [1.54, 1.807) is 0 Å². The predicted molar refractivity (Wildman–Crippen MR) is 34.0 cm³/mol. The van der Waals surface area contributed by atoms with Crippen LogP contribution in [0.1, 0.15) is 0 Å². The maximum Gasteiger partial charge on any atom is 0.333 e. The Balaban J connectivity index is 2.23. The minimum Gasteiger partial charge on any atom is -0.418 e. The lowest BCUT2D eigenvalue weighted by molar-refractivity contribution is -0.167. The number of hydrogen-bond acceptors (Lipinski definition) is 4. The van der Waals surface area contributed by atoms with Crippen LogP contribution in [0.25, 0.3) is 0 Å². The van der Waals surface area contributed by atoms with Crippen LogP contribution in [0.3, 0.4) is 0 Å². The second-order valence-corrected chi connectivity index (χ2v) is 1.80. The molecule has 0 bridgehead atoms. The van der Waals surface area contributed by atoms with E-state index in [0.29, 0.717) is 6.61 Å². The molecular weight excluding hydrogens is 134 g/mol. The zero-order valence-corrected chi connectivity index (χ0v) is 5.50. The van der Waals surface area contributed by atoms with Crippen LogP contribution in [0.2, 0.25) is 0 Å². The van der Waals surface area contributed by atoms with E-state index >= 15 is 0 Å². The van der Waals surface area contributed by atoms with Crippen LogP contribution in [0.15, 0.2) is 12.7 Å². The highest BCUT2D eigenvalue weighted by Gasteiger charge is 2.16. The molecule has 0 amide bonds. The lowest BCUT2D eigenvalue weighted by Gasteiger charge is -2.07. The minimum atomic E-state index is -0.578. The highest BCUT2D eigenvalue weighted by Crippen LogP contribution is 1.97. The van der Waals surface area contributed by atoms with E-state index < -0.39 is 12.4 Å². The maximum absolute atomic E-state index is 10.5. The Morgan fingerprint density at radius 1 is 1.90 bits per heavy atom. The average Bonchev–Trinajstić information content (AvgIpc) is 2.40. The van der Waals surface area contributed by atoms with Gasteiger partial charge in [0, 0.05) is 12.6 Å². The maximum atomic E-state index is 10.5. The standard InChI is InChI=1S/C6H9NO3/c1-2-5(8)10-6-7-3-4-9-6/h2,6-7H,1,3-4H2. The molecule has 1 aliphatic heterocycles. The number of hydrogen-bond donors (Lipinski definition) is 1. The summed E-state index contributed by atoms with van der Waals surface area (Å²) < 4.78 is 9.59. The summed E-state index contributed by atoms with van der Waals surface area (Å²) in [5, 5.41) is 2.81. The second-order valence-electron chi connectivity index (χ2n) is 1.80. The summed E-state index contributed by atoms with van der Waals surface area (Å²) in [6.07, 6.45) is 0.522. The van der Waals surface area contributed by atoms with Gasteiger partial charge in [0.05, 0.1) is 6.61 Å². The molecule has 0 aliphatic carbocycles. The summed E-state index contributed by atoms with van der Waals surface area (Å²) in [7, 11) is 0. The number of carbonyl (C=O) groups is 1. The summed E-state index contributed by atoms with van der Waals surface area (Å²) in [4.78, 5) is 10.5. The smallest absolute Gasteiger partial charge is 0.333 e. The summed E-state index contributed by atoms with van der Waals surface area (Å²) in [6, 6.07) is 0. The van der Waals surface area contributed by atoms with Gasteiger partial charge in [-0.2, -0.15) is 0 Å². The van der Waals surface area contributed by atoms with Gasteiger partial charge in [-0.25, -0.2) is 4.79 Å². The third-order valence-electron chi connectivity index (χ3n) is 1.07. The first-order valence-electron chi connectivity index (χ1n) is 3.01. The van der Waals surface area contributed by atoms with Gasteiger partial charge in [-0.15, -0.1) is 0 Å². The van der Waals surface area contributed by atoms with Crippen molar-refractivity contribution in [2.75, 3.05) is 13.2 Å². The largest absolute Gasteiger partial charge is 0.418 e. The summed E-state index contributed by atoms with van der Waals surface area (Å²) in [5.74, 6) is -0.473. The molecule has 56 valence electrons. The highest BCUT2D eigenvalue weighted by molar-refractivity contribution is 5.81. The fourth-order valence-corrected chi connectivity index (χ4v) is 0.631. The Hall–Kier alpha value is -0.870. The molecule has 1 N–H and O–H groups in total. The predicted octanol–water partition coefficient (Wildman–Crippen LogP) is -0.381. The molecule has 1 fully saturated rings. The van der Waals surface area contributed by atoms with E-state index in [0.717, 1.165) is 12.6 Å². The van der Waals surface area contributed by atoms with Crippen LogP contribution in [0.5, 0.6) is 0 Å². The van der Waals surface area contributed by atoms with Crippen molar-refractivity contribution >= 4 is 5.97 Å². The molecule has 0 aromatic heterocycles. The summed E-state index contributed by atoms with van der Waals surface area (Å²) in [6.45, 7) is 4.54. The summed E-state index contributed by atoms with van der Waals surface area (Å²) in [5.41, 5.74) is 0. The minimum absolute atomic E-state index is 0.473. The Labute approximate surface area is 58.8 Å². The van der Waals surface area contributed by atoms with Gasteiger partial charge in [0.15, 0.2) is 0 Å². The molecule has 0 radical (unpaired) electrons. The normalized spacial score (nSPS) is 24.2. The van der Waals surface area contributed by atoms with Crippen molar-refractivity contribution in [3.63, 3.8) is 0 Å². The Bertz CT molecular complexity index is 140. The number of rotatable bonds is 2. The lowest BCUT2D eigenvalue weighted by Crippen LogP contribution is -2.27. The van der Waals surface area contributed by atoms with E-state index in [2.05, 4.69) is 16.6 Å². The molecule has 1 atom stereocenters. The van der Waals surface area contributed by atoms with Gasteiger partial charge in [0.2, 0.25) is 0 Å². The van der Waals surface area contributed by atoms with Gasteiger partial charge in [0.1, 0.15) is 0 Å². The molecule has 4 heteroatoms. The fraction of sp³-hybridized carbons (Fsp3) is 0.500. The van der Waals surface area contributed by atoms with E-state index in [1.807, 2.05) is 0 Å². The molecule has 10 heavy (non-hydrogen) atoms. The molecule has 0 spiro atoms. The third-order valence-corrected chi connectivity index (χ3v) is 1.07. The fourth-order valence-electron chi connectivity index (χ4n) is 0.631. The van der Waals surface area contributed by atoms with Gasteiger partial charge < -0.3 is 9.47 Å². The van der Waals surface area contributed by atoms with Crippen molar-refractivity contribution in [3.8, 4) is 0 Å². The topological polar surface area (TPSA) is 47.6 Å². The van der Waals surface area contributed by atoms with Crippen LogP contribution in [-0.4, -0.2) is 25.5 Å². The number of nitrogens with one attached hydrogen (secondary N) is 1. The van der Waals surface area contributed by atoms with Crippen molar-refractivity contribution in [3.05, 3.63) is 12.7 Å². The Morgan fingerprint density at radius 3 is 3.20 bits per heavy atom. The van der Waals surface area contributed by atoms with E-state index in [-0.39, 0.29) is 0 Å². The number of carbonyl (C=O) groups excluding carboxylic acids is 1. The zero-order chi connectivity index (χ0) is 7.40. The molecule has 0 saturated carbocycles. The molecule has 4 nitrogen and oxygen atoms in total. The molecule has 0 aromatic rings. The molecule has 0 aromatic carbocycles. The third kappa shape index (κ3) is 1.82. The molecule has 1 heterocycles. The number of ether oxygens (including phenoxy) is 2. The second kappa shape index (κ2) is 3.34. The molecule has 1 aliphatic rings. The first-order valence-corrected chi connectivity index (χ1v) is 3.01.